The van der Waals surface area contributed by atoms with E-state index in [9.17, 15) is 10.1 Å². The number of nitrogens with two attached hydrogens (primary N) is 1. The van der Waals surface area contributed by atoms with Crippen molar-refractivity contribution in [2.24, 2.45) is 0 Å². The number of carbonyl (C=O) groups excluding carboxylic acids is 1. The number of nitrogen functional groups attached to an aromatic ring is 1. The van der Waals surface area contributed by atoms with Crippen molar-refractivity contribution in [2.75, 3.05) is 17.3 Å². The van der Waals surface area contributed by atoms with Gasteiger partial charge >= 0.3 is 0 Å². The number of hydrogen-bond donors (Lipinski definition) is 2. The first kappa shape index (κ1) is 16.8. The van der Waals surface area contributed by atoms with Crippen LogP contribution in [0.4, 0.5) is 11.4 Å². The molecule has 0 saturated heterocycles. The Morgan fingerprint density at radius 1 is 1.43 bits per heavy atom. The molecule has 5 nitrogen and oxygen atoms in total. The number of pyridine rings is 1. The summed E-state index contributed by atoms with van der Waals surface area (Å²) in [5, 5.41) is 12.8. The molecule has 0 saturated carbocycles. The Balaban J connectivity index is 2.26. The van der Waals surface area contributed by atoms with E-state index in [1.165, 1.54) is 11.8 Å². The van der Waals surface area contributed by atoms with Gasteiger partial charge in [-0.2, -0.15) is 5.26 Å². The van der Waals surface area contributed by atoms with E-state index in [1.807, 2.05) is 20.1 Å². The van der Waals surface area contributed by atoms with E-state index in [1.54, 1.807) is 24.3 Å². The maximum Gasteiger partial charge on any atom is 0.228 e. The van der Waals surface area contributed by atoms with E-state index >= 15 is 0 Å². The fourth-order valence-electron chi connectivity index (χ4n) is 2.38. The summed E-state index contributed by atoms with van der Waals surface area (Å²) < 4.78 is 0. The van der Waals surface area contributed by atoms with Gasteiger partial charge in [0.1, 0.15) is 11.1 Å². The summed E-state index contributed by atoms with van der Waals surface area (Å²) in [4.78, 5) is 16.7. The molecule has 1 heterocycles. The number of nitriles is 1. The number of nitrogens with zero attached hydrogens (tertiary/aromatic N) is 2. The second kappa shape index (κ2) is 7.16. The summed E-state index contributed by atoms with van der Waals surface area (Å²) in [6, 6.07) is 9.20. The molecule has 0 aliphatic rings. The molecule has 1 aromatic carbocycles. The van der Waals surface area contributed by atoms with Gasteiger partial charge in [0.05, 0.1) is 12.0 Å². The molecule has 0 atom stereocenters. The van der Waals surface area contributed by atoms with Crippen LogP contribution in [0.25, 0.3) is 0 Å². The summed E-state index contributed by atoms with van der Waals surface area (Å²) in [5.74, 6) is -0.163. The van der Waals surface area contributed by atoms with E-state index in [4.69, 9.17) is 5.73 Å². The average molecular weight is 326 g/mol. The number of thioether (sulfide) groups is 1. The predicted molar refractivity (Wildman–Crippen MR) is 93.4 cm³/mol. The molecule has 0 aliphatic carbocycles. The smallest absolute Gasteiger partial charge is 0.228 e. The minimum atomic E-state index is -0.163. The topological polar surface area (TPSA) is 91.8 Å². The molecule has 3 N–H and O–H groups in total. The molecule has 23 heavy (non-hydrogen) atoms. The third-order valence-electron chi connectivity index (χ3n) is 3.56. The fourth-order valence-corrected chi connectivity index (χ4v) is 3.01. The highest BCUT2D eigenvalue weighted by Gasteiger charge is 2.16. The van der Waals surface area contributed by atoms with E-state index < -0.39 is 0 Å². The van der Waals surface area contributed by atoms with Crippen molar-refractivity contribution in [1.29, 1.82) is 5.26 Å². The van der Waals surface area contributed by atoms with Crippen molar-refractivity contribution < 1.29 is 4.79 Å². The monoisotopic (exact) mass is 326 g/mol. The Hall–Kier alpha value is -2.52. The first-order valence-electron chi connectivity index (χ1n) is 7.05. The summed E-state index contributed by atoms with van der Waals surface area (Å²) in [6.07, 6.45) is 2.05. The summed E-state index contributed by atoms with van der Waals surface area (Å²) in [7, 11) is 0. The number of amides is 1. The predicted octanol–water partition coefficient (Wildman–Crippen LogP) is 3.06. The van der Waals surface area contributed by atoms with Gasteiger partial charge in [-0.15, -0.1) is 11.8 Å². The molecule has 118 valence electrons. The van der Waals surface area contributed by atoms with Crippen LogP contribution in [0, 0.1) is 25.2 Å². The van der Waals surface area contributed by atoms with Gasteiger partial charge in [0.15, 0.2) is 0 Å². The molecule has 0 fully saturated rings. The van der Waals surface area contributed by atoms with Gasteiger partial charge < -0.3 is 11.1 Å². The maximum absolute atomic E-state index is 12.3. The number of anilines is 2. The van der Waals surface area contributed by atoms with Crippen molar-refractivity contribution in [1.82, 2.24) is 4.98 Å². The summed E-state index contributed by atoms with van der Waals surface area (Å²) in [6.45, 7) is 3.72. The molecule has 1 amide bonds. The first-order valence-corrected chi connectivity index (χ1v) is 8.28. The van der Waals surface area contributed by atoms with Crippen LogP contribution in [0.1, 0.15) is 22.4 Å². The molecule has 1 aromatic heterocycles. The molecule has 0 radical (unpaired) electrons. The van der Waals surface area contributed by atoms with Gasteiger partial charge in [-0.1, -0.05) is 6.07 Å². The van der Waals surface area contributed by atoms with Crippen LogP contribution in [0.5, 0.6) is 0 Å². The van der Waals surface area contributed by atoms with Crippen molar-refractivity contribution >= 4 is 29.0 Å². The lowest BCUT2D eigenvalue weighted by Crippen LogP contribution is -2.17. The van der Waals surface area contributed by atoms with E-state index in [2.05, 4.69) is 16.4 Å². The molecule has 0 unspecified atom stereocenters. The third kappa shape index (κ3) is 3.82. The molecule has 6 heteroatoms. The molecular weight excluding hydrogens is 308 g/mol. The number of nitrogens with one attached hydrogen (secondary N) is 1. The molecule has 0 aliphatic heterocycles. The van der Waals surface area contributed by atoms with E-state index in [0.29, 0.717) is 22.0 Å². The number of hydrogen-bond acceptors (Lipinski definition) is 5. The Labute approximate surface area is 139 Å². The van der Waals surface area contributed by atoms with Crippen LogP contribution in [-0.2, 0) is 11.2 Å². The summed E-state index contributed by atoms with van der Waals surface area (Å²) in [5.41, 5.74) is 9.86. The van der Waals surface area contributed by atoms with Crippen LogP contribution in [0.3, 0.4) is 0 Å². The van der Waals surface area contributed by atoms with Gasteiger partial charge in [0.25, 0.3) is 0 Å². The first-order chi connectivity index (χ1) is 11.0. The van der Waals surface area contributed by atoms with E-state index in [-0.39, 0.29) is 12.3 Å². The highest BCUT2D eigenvalue weighted by atomic mass is 32.2. The van der Waals surface area contributed by atoms with Gasteiger partial charge in [0.2, 0.25) is 5.91 Å². The molecule has 0 bridgehead atoms. The lowest BCUT2D eigenvalue weighted by Gasteiger charge is -2.13. The Morgan fingerprint density at radius 2 is 2.17 bits per heavy atom. The Bertz CT molecular complexity index is 796. The number of benzene rings is 1. The Morgan fingerprint density at radius 3 is 2.78 bits per heavy atom. The number of carbonyl (C=O) groups is 1. The number of aromatic nitrogens is 1. The highest BCUT2D eigenvalue weighted by molar-refractivity contribution is 7.98. The lowest BCUT2D eigenvalue weighted by molar-refractivity contribution is -0.115. The largest absolute Gasteiger partial charge is 0.399 e. The quantitative estimate of drug-likeness (QED) is 0.665. The standard InChI is InChI=1S/C17H18N4OS/c1-10-14(11(2)20-17(23-3)15(10)9-18)8-16(22)21-13-6-4-5-12(19)7-13/h4-7H,8,19H2,1-3H3,(H,21,22). The third-order valence-corrected chi connectivity index (χ3v) is 4.24. The average Bonchev–Trinajstić information content (AvgIpc) is 2.51. The van der Waals surface area contributed by atoms with Gasteiger partial charge in [-0.3, -0.25) is 4.79 Å². The molecular formula is C17H18N4OS. The molecule has 2 rings (SSSR count). The zero-order valence-corrected chi connectivity index (χ0v) is 14.1. The van der Waals surface area contributed by atoms with Crippen LogP contribution < -0.4 is 11.1 Å². The van der Waals surface area contributed by atoms with E-state index in [0.717, 1.165) is 16.8 Å². The second-order valence-corrected chi connectivity index (χ2v) is 5.94. The van der Waals surface area contributed by atoms with Gasteiger partial charge in [-0.05, 0) is 49.4 Å². The van der Waals surface area contributed by atoms with Crippen molar-refractivity contribution in [3.05, 3.63) is 46.6 Å². The van der Waals surface area contributed by atoms with Crippen LogP contribution in [0.2, 0.25) is 0 Å². The van der Waals surface area contributed by atoms with Gasteiger partial charge in [0, 0.05) is 17.1 Å². The number of aryl methyl sites for hydroxylation is 1. The maximum atomic E-state index is 12.3. The molecule has 2 aromatic rings. The normalized spacial score (nSPS) is 10.2. The minimum absolute atomic E-state index is 0.163. The SMILES string of the molecule is CSc1nc(C)c(CC(=O)Nc2cccc(N)c2)c(C)c1C#N. The fraction of sp³-hybridized carbons (Fsp3) is 0.235. The Kier molecular flexibility index (Phi) is 5.24. The van der Waals surface area contributed by atoms with Crippen molar-refractivity contribution in [3.63, 3.8) is 0 Å². The zero-order valence-electron chi connectivity index (χ0n) is 13.3. The summed E-state index contributed by atoms with van der Waals surface area (Å²) >= 11 is 1.43. The zero-order chi connectivity index (χ0) is 17.0. The van der Waals surface area contributed by atoms with Gasteiger partial charge in [-0.25, -0.2) is 4.98 Å². The van der Waals surface area contributed by atoms with Crippen LogP contribution >= 0.6 is 11.8 Å². The lowest BCUT2D eigenvalue weighted by atomic mass is 10.0. The highest BCUT2D eigenvalue weighted by Crippen LogP contribution is 2.25. The number of rotatable bonds is 4. The second-order valence-electron chi connectivity index (χ2n) is 5.15. The van der Waals surface area contributed by atoms with Crippen LogP contribution in [0.15, 0.2) is 29.3 Å². The van der Waals surface area contributed by atoms with Crippen molar-refractivity contribution in [3.8, 4) is 6.07 Å². The molecule has 0 spiro atoms. The van der Waals surface area contributed by atoms with Crippen molar-refractivity contribution in [2.45, 2.75) is 25.3 Å². The minimum Gasteiger partial charge on any atom is -0.399 e. The van der Waals surface area contributed by atoms with Crippen LogP contribution in [-0.4, -0.2) is 17.1 Å².